The van der Waals surface area contributed by atoms with Crippen LogP contribution in [0.3, 0.4) is 0 Å². The molecule has 3 rings (SSSR count). The minimum absolute atomic E-state index is 0.221. The minimum Gasteiger partial charge on any atom is -0.457 e. The molecule has 1 unspecified atom stereocenters. The van der Waals surface area contributed by atoms with E-state index in [1.165, 1.54) is 13.0 Å². The van der Waals surface area contributed by atoms with Gasteiger partial charge in [0.1, 0.15) is 23.8 Å². The quantitative estimate of drug-likeness (QED) is 0.534. The first-order valence-corrected chi connectivity index (χ1v) is 9.45. The molecule has 2 N–H and O–H groups in total. The normalized spacial score (nSPS) is 11.3. The first-order valence-electron chi connectivity index (χ1n) is 9.45. The van der Waals surface area contributed by atoms with Crippen molar-refractivity contribution in [2.45, 2.75) is 20.0 Å². The molecule has 160 valence electrons. The van der Waals surface area contributed by atoms with Crippen LogP contribution >= 0.6 is 0 Å². The Morgan fingerprint density at radius 1 is 1.03 bits per heavy atom. The van der Waals surface area contributed by atoms with Crippen molar-refractivity contribution in [3.05, 3.63) is 72.0 Å². The van der Waals surface area contributed by atoms with Crippen LogP contribution in [0.1, 0.15) is 23.0 Å². The molecule has 9 heteroatoms. The van der Waals surface area contributed by atoms with Crippen molar-refractivity contribution in [2.24, 2.45) is 0 Å². The number of esters is 1. The zero-order valence-corrected chi connectivity index (χ0v) is 17.0. The van der Waals surface area contributed by atoms with Gasteiger partial charge in [-0.2, -0.15) is 0 Å². The first kappa shape index (κ1) is 21.6. The number of anilines is 1. The molecule has 0 aliphatic heterocycles. The largest absolute Gasteiger partial charge is 0.457 e. The average molecular weight is 423 g/mol. The van der Waals surface area contributed by atoms with Gasteiger partial charge in [0, 0.05) is 11.6 Å². The van der Waals surface area contributed by atoms with E-state index < -0.39 is 23.9 Å². The summed E-state index contributed by atoms with van der Waals surface area (Å²) >= 11 is 0. The molecule has 0 aliphatic carbocycles. The summed E-state index contributed by atoms with van der Waals surface area (Å²) in [5.74, 6) is 0.223. The Morgan fingerprint density at radius 2 is 1.71 bits per heavy atom. The third kappa shape index (κ3) is 6.43. The summed E-state index contributed by atoms with van der Waals surface area (Å²) in [6.07, 6.45) is -1.07. The number of para-hydroxylation sites is 1. The van der Waals surface area contributed by atoms with Crippen molar-refractivity contribution >= 4 is 23.6 Å². The predicted molar refractivity (Wildman–Crippen MR) is 111 cm³/mol. The highest BCUT2D eigenvalue weighted by atomic mass is 16.5. The van der Waals surface area contributed by atoms with Crippen molar-refractivity contribution < 1.29 is 28.4 Å². The van der Waals surface area contributed by atoms with Crippen molar-refractivity contribution in [2.75, 3.05) is 11.9 Å². The van der Waals surface area contributed by atoms with Crippen molar-refractivity contribution in [1.29, 1.82) is 0 Å². The number of amides is 2. The van der Waals surface area contributed by atoms with Gasteiger partial charge in [-0.15, -0.1) is 0 Å². The predicted octanol–water partition coefficient (Wildman–Crippen LogP) is 3.08. The summed E-state index contributed by atoms with van der Waals surface area (Å²) in [6, 6.07) is 17.2. The fraction of sp³-hybridized carbons (Fsp3) is 0.182. The van der Waals surface area contributed by atoms with Gasteiger partial charge in [-0.3, -0.25) is 14.4 Å². The van der Waals surface area contributed by atoms with Gasteiger partial charge in [-0.25, -0.2) is 0 Å². The molecule has 0 bridgehead atoms. The topological polar surface area (TPSA) is 120 Å². The van der Waals surface area contributed by atoms with E-state index in [1.54, 1.807) is 31.2 Å². The lowest BCUT2D eigenvalue weighted by Gasteiger charge is -2.12. The van der Waals surface area contributed by atoms with Gasteiger partial charge in [0.25, 0.3) is 11.8 Å². The molecule has 0 radical (unpaired) electrons. The number of benzene rings is 2. The third-order valence-corrected chi connectivity index (χ3v) is 4.05. The Labute approximate surface area is 178 Å². The van der Waals surface area contributed by atoms with Gasteiger partial charge >= 0.3 is 5.97 Å². The Hall–Kier alpha value is -4.14. The fourth-order valence-corrected chi connectivity index (χ4v) is 2.50. The number of carbonyl (C=O) groups excluding carboxylic acids is 3. The zero-order chi connectivity index (χ0) is 22.2. The highest BCUT2D eigenvalue weighted by Gasteiger charge is 2.19. The van der Waals surface area contributed by atoms with E-state index in [0.717, 1.165) is 0 Å². The molecule has 1 aromatic heterocycles. The maximum atomic E-state index is 12.2. The van der Waals surface area contributed by atoms with E-state index in [9.17, 15) is 14.4 Å². The number of ether oxygens (including phenoxy) is 2. The highest BCUT2D eigenvalue weighted by Crippen LogP contribution is 2.21. The third-order valence-electron chi connectivity index (χ3n) is 4.05. The molecule has 9 nitrogen and oxygen atoms in total. The summed E-state index contributed by atoms with van der Waals surface area (Å²) in [7, 11) is 0. The SMILES string of the molecule is Cc1cc(NC(=O)C(C)OC(=O)CNC(=O)c2ccc(Oc3ccccc3)cc2)no1. The average Bonchev–Trinajstić information content (AvgIpc) is 3.17. The summed E-state index contributed by atoms with van der Waals surface area (Å²) in [5, 5.41) is 8.54. The van der Waals surface area contributed by atoms with Crippen LogP contribution in [-0.4, -0.2) is 35.6 Å². The smallest absolute Gasteiger partial charge is 0.326 e. The van der Waals surface area contributed by atoms with Crippen LogP contribution in [0.25, 0.3) is 0 Å². The van der Waals surface area contributed by atoms with Crippen LogP contribution in [-0.2, 0) is 14.3 Å². The molecule has 3 aromatic rings. The summed E-state index contributed by atoms with van der Waals surface area (Å²) in [4.78, 5) is 36.2. The Kier molecular flexibility index (Phi) is 7.00. The van der Waals surface area contributed by atoms with Crippen molar-refractivity contribution in [3.8, 4) is 11.5 Å². The van der Waals surface area contributed by atoms with Gasteiger partial charge < -0.3 is 24.6 Å². The van der Waals surface area contributed by atoms with Crippen LogP contribution in [0.5, 0.6) is 11.5 Å². The Bertz CT molecular complexity index is 1050. The molecule has 1 heterocycles. The fourth-order valence-electron chi connectivity index (χ4n) is 2.50. The van der Waals surface area contributed by atoms with Gasteiger partial charge in [0.15, 0.2) is 11.9 Å². The molecular formula is C22H21N3O6. The van der Waals surface area contributed by atoms with Crippen LogP contribution in [0.2, 0.25) is 0 Å². The number of hydrogen-bond donors (Lipinski definition) is 2. The molecule has 0 fully saturated rings. The monoisotopic (exact) mass is 423 g/mol. The lowest BCUT2D eigenvalue weighted by Crippen LogP contribution is -2.35. The molecule has 1 atom stereocenters. The van der Waals surface area contributed by atoms with E-state index >= 15 is 0 Å². The number of aromatic nitrogens is 1. The molecule has 0 spiro atoms. The Balaban J connectivity index is 1.44. The van der Waals surface area contributed by atoms with E-state index in [-0.39, 0.29) is 12.4 Å². The second kappa shape index (κ2) is 10.1. The van der Waals surface area contributed by atoms with Gasteiger partial charge in [-0.05, 0) is 50.2 Å². The van der Waals surface area contributed by atoms with Gasteiger partial charge in [-0.1, -0.05) is 23.4 Å². The van der Waals surface area contributed by atoms with Crippen LogP contribution in [0.4, 0.5) is 5.82 Å². The second-order valence-electron chi connectivity index (χ2n) is 6.57. The molecule has 0 saturated heterocycles. The molecule has 0 saturated carbocycles. The molecule has 31 heavy (non-hydrogen) atoms. The molecule has 2 aromatic carbocycles. The van der Waals surface area contributed by atoms with Crippen molar-refractivity contribution in [1.82, 2.24) is 10.5 Å². The summed E-state index contributed by atoms with van der Waals surface area (Å²) in [5.41, 5.74) is 0.348. The minimum atomic E-state index is -1.07. The number of hydrogen-bond acceptors (Lipinski definition) is 7. The number of rotatable bonds is 8. The van der Waals surface area contributed by atoms with Gasteiger partial charge in [0.2, 0.25) is 0 Å². The highest BCUT2D eigenvalue weighted by molar-refractivity contribution is 5.97. The van der Waals surface area contributed by atoms with Gasteiger partial charge in [0.05, 0.1) is 0 Å². The number of nitrogens with zero attached hydrogens (tertiary/aromatic N) is 1. The van der Waals surface area contributed by atoms with E-state index in [2.05, 4.69) is 15.8 Å². The maximum absolute atomic E-state index is 12.2. The lowest BCUT2D eigenvalue weighted by atomic mass is 10.2. The molecular weight excluding hydrogens is 402 g/mol. The number of carbonyl (C=O) groups is 3. The van der Waals surface area contributed by atoms with Crippen LogP contribution in [0, 0.1) is 6.92 Å². The second-order valence-corrected chi connectivity index (χ2v) is 6.57. The van der Waals surface area contributed by atoms with Crippen LogP contribution in [0.15, 0.2) is 65.2 Å². The van der Waals surface area contributed by atoms with Crippen molar-refractivity contribution in [3.63, 3.8) is 0 Å². The zero-order valence-electron chi connectivity index (χ0n) is 17.0. The van der Waals surface area contributed by atoms with E-state index in [1.807, 2.05) is 30.3 Å². The Morgan fingerprint density at radius 3 is 2.35 bits per heavy atom. The summed E-state index contributed by atoms with van der Waals surface area (Å²) < 4.78 is 15.5. The van der Waals surface area contributed by atoms with E-state index in [4.69, 9.17) is 14.0 Å². The first-order chi connectivity index (χ1) is 14.9. The molecule has 2 amide bonds. The maximum Gasteiger partial charge on any atom is 0.326 e. The van der Waals surface area contributed by atoms with Crippen LogP contribution < -0.4 is 15.4 Å². The van der Waals surface area contributed by atoms with E-state index in [0.29, 0.717) is 22.8 Å². The summed E-state index contributed by atoms with van der Waals surface area (Å²) in [6.45, 7) is 2.70. The lowest BCUT2D eigenvalue weighted by molar-refractivity contribution is -0.152. The molecule has 0 aliphatic rings. The number of aryl methyl sites for hydroxylation is 1. The number of nitrogens with one attached hydrogen (secondary N) is 2. The standard InChI is InChI=1S/C22H21N3O6/c1-14-12-19(25-31-14)24-21(27)15(2)29-20(26)13-23-22(28)16-8-10-18(11-9-16)30-17-6-4-3-5-7-17/h3-12,15H,13H2,1-2H3,(H,23,28)(H,24,25,27).